The highest BCUT2D eigenvalue weighted by Crippen LogP contribution is 2.13. The third-order valence-electron chi connectivity index (χ3n) is 3.39. The van der Waals surface area contributed by atoms with Crippen LogP contribution in [0.2, 0.25) is 0 Å². The molecule has 0 bridgehead atoms. The molecule has 2 unspecified atom stereocenters. The minimum absolute atomic E-state index is 0.105. The summed E-state index contributed by atoms with van der Waals surface area (Å²) in [6.45, 7) is 2.94. The Morgan fingerprint density at radius 1 is 0.950 bits per heavy atom. The second-order valence-electron chi connectivity index (χ2n) is 5.35. The average molecular weight is 272 g/mol. The molecule has 0 spiro atoms. The lowest BCUT2D eigenvalue weighted by molar-refractivity contribution is 0.605. The van der Waals surface area contributed by atoms with Gasteiger partial charge in [-0.25, -0.2) is 0 Å². The molecule has 0 aliphatic heterocycles. The van der Waals surface area contributed by atoms with Gasteiger partial charge in [-0.3, -0.25) is 0 Å². The maximum atomic E-state index is 6.13. The minimum Gasteiger partial charge on any atom is -0.330 e. The van der Waals surface area contributed by atoms with Crippen LogP contribution in [-0.2, 0) is 0 Å². The number of hydrogen-bond donors (Lipinski definition) is 2. The Morgan fingerprint density at radius 2 is 1.55 bits per heavy atom. The highest BCUT2D eigenvalue weighted by Gasteiger charge is 2.01. The fourth-order valence-corrected chi connectivity index (χ4v) is 1.93. The molecular weight excluding hydrogens is 244 g/mol. The van der Waals surface area contributed by atoms with Crippen molar-refractivity contribution >= 4 is 0 Å². The standard InChI is InChI=1S/C18H28N2/c1-16(15-19)11-7-4-2-3-5-10-14-18(20)17-12-8-6-9-13-17/h4-10,12-13,16,18H,2-3,11,14-15,19-20H2,1H3. The molecule has 0 aliphatic rings. The molecule has 2 nitrogen and oxygen atoms in total. The summed E-state index contributed by atoms with van der Waals surface area (Å²) in [7, 11) is 0. The Kier molecular flexibility index (Phi) is 8.68. The summed E-state index contributed by atoms with van der Waals surface area (Å²) < 4.78 is 0. The topological polar surface area (TPSA) is 52.0 Å². The zero-order chi connectivity index (χ0) is 14.6. The molecule has 2 heteroatoms. The van der Waals surface area contributed by atoms with E-state index in [9.17, 15) is 0 Å². The molecule has 1 rings (SSSR count). The van der Waals surface area contributed by atoms with E-state index in [4.69, 9.17) is 11.5 Å². The summed E-state index contributed by atoms with van der Waals surface area (Å²) in [5.74, 6) is 0.589. The normalized spacial score (nSPS) is 14.9. The van der Waals surface area contributed by atoms with Crippen molar-refractivity contribution in [2.24, 2.45) is 17.4 Å². The van der Waals surface area contributed by atoms with Gasteiger partial charge >= 0.3 is 0 Å². The first kappa shape index (κ1) is 16.7. The molecule has 2 atom stereocenters. The lowest BCUT2D eigenvalue weighted by Gasteiger charge is -2.08. The van der Waals surface area contributed by atoms with Crippen molar-refractivity contribution in [3.63, 3.8) is 0 Å². The minimum atomic E-state index is 0.105. The maximum absolute atomic E-state index is 6.13. The fraction of sp³-hybridized carbons (Fsp3) is 0.444. The van der Waals surface area contributed by atoms with Crippen molar-refractivity contribution in [3.05, 3.63) is 60.2 Å². The number of allylic oxidation sites excluding steroid dienone is 3. The van der Waals surface area contributed by atoms with Gasteiger partial charge in [-0.15, -0.1) is 0 Å². The van der Waals surface area contributed by atoms with Gasteiger partial charge in [0.05, 0.1) is 0 Å². The number of benzene rings is 1. The van der Waals surface area contributed by atoms with Crippen LogP contribution in [-0.4, -0.2) is 6.54 Å². The third-order valence-corrected chi connectivity index (χ3v) is 3.39. The van der Waals surface area contributed by atoms with Crippen LogP contribution in [0.5, 0.6) is 0 Å². The summed E-state index contributed by atoms with van der Waals surface area (Å²) in [6, 6.07) is 10.4. The zero-order valence-electron chi connectivity index (χ0n) is 12.5. The van der Waals surface area contributed by atoms with E-state index in [1.54, 1.807) is 0 Å². The zero-order valence-corrected chi connectivity index (χ0v) is 12.5. The summed E-state index contributed by atoms with van der Waals surface area (Å²) in [4.78, 5) is 0. The number of unbranched alkanes of at least 4 members (excludes halogenated alkanes) is 1. The van der Waals surface area contributed by atoms with E-state index in [0.717, 1.165) is 32.2 Å². The molecule has 0 saturated carbocycles. The summed E-state index contributed by atoms with van der Waals surface area (Å²) in [6.07, 6.45) is 13.0. The van der Waals surface area contributed by atoms with Gasteiger partial charge in [0.1, 0.15) is 0 Å². The van der Waals surface area contributed by atoms with Crippen LogP contribution in [0, 0.1) is 5.92 Å². The number of nitrogens with two attached hydrogens (primary N) is 2. The summed E-state index contributed by atoms with van der Waals surface area (Å²) in [5.41, 5.74) is 12.9. The van der Waals surface area contributed by atoms with Gasteiger partial charge in [0, 0.05) is 6.04 Å². The van der Waals surface area contributed by atoms with Crippen molar-refractivity contribution in [3.8, 4) is 0 Å². The van der Waals surface area contributed by atoms with Gasteiger partial charge in [0.2, 0.25) is 0 Å². The molecule has 20 heavy (non-hydrogen) atoms. The molecule has 4 N–H and O–H groups in total. The Hall–Kier alpha value is -1.38. The van der Waals surface area contributed by atoms with Crippen LogP contribution in [0.15, 0.2) is 54.6 Å². The quantitative estimate of drug-likeness (QED) is 0.528. The Balaban J connectivity index is 2.13. The van der Waals surface area contributed by atoms with E-state index in [0.29, 0.717) is 5.92 Å². The lowest BCUT2D eigenvalue weighted by Crippen LogP contribution is -2.09. The highest BCUT2D eigenvalue weighted by atomic mass is 14.6. The lowest BCUT2D eigenvalue weighted by atomic mass is 10.0. The van der Waals surface area contributed by atoms with E-state index in [1.165, 1.54) is 5.56 Å². The molecule has 0 fully saturated rings. The van der Waals surface area contributed by atoms with Gasteiger partial charge in [-0.2, -0.15) is 0 Å². The van der Waals surface area contributed by atoms with Crippen LogP contribution in [0.4, 0.5) is 0 Å². The molecule has 1 aromatic rings. The van der Waals surface area contributed by atoms with Gasteiger partial charge < -0.3 is 11.5 Å². The van der Waals surface area contributed by atoms with Crippen LogP contribution < -0.4 is 11.5 Å². The third kappa shape index (κ3) is 7.27. The van der Waals surface area contributed by atoms with Crippen LogP contribution >= 0.6 is 0 Å². The summed E-state index contributed by atoms with van der Waals surface area (Å²) in [5, 5.41) is 0. The molecular formula is C18H28N2. The van der Waals surface area contributed by atoms with Crippen LogP contribution in [0.25, 0.3) is 0 Å². The van der Waals surface area contributed by atoms with E-state index >= 15 is 0 Å². The first-order valence-electron chi connectivity index (χ1n) is 7.54. The van der Waals surface area contributed by atoms with E-state index in [1.807, 2.05) is 18.2 Å². The molecule has 0 aliphatic carbocycles. The first-order valence-corrected chi connectivity index (χ1v) is 7.54. The number of rotatable bonds is 9. The Bertz CT molecular complexity index is 395. The van der Waals surface area contributed by atoms with Crippen molar-refractivity contribution in [1.82, 2.24) is 0 Å². The van der Waals surface area contributed by atoms with Crippen molar-refractivity contribution in [2.75, 3.05) is 6.54 Å². The smallest absolute Gasteiger partial charge is 0.0329 e. The second-order valence-corrected chi connectivity index (χ2v) is 5.35. The SMILES string of the molecule is CC(CN)CC=CCCC=CCC(N)c1ccccc1. The van der Waals surface area contributed by atoms with Gasteiger partial charge in [-0.1, -0.05) is 61.6 Å². The van der Waals surface area contributed by atoms with E-state index in [2.05, 4.69) is 43.4 Å². The fourth-order valence-electron chi connectivity index (χ4n) is 1.93. The van der Waals surface area contributed by atoms with Crippen LogP contribution in [0.3, 0.4) is 0 Å². The molecule has 0 aromatic heterocycles. The van der Waals surface area contributed by atoms with Crippen molar-refractivity contribution < 1.29 is 0 Å². The van der Waals surface area contributed by atoms with Gasteiger partial charge in [0.25, 0.3) is 0 Å². The largest absolute Gasteiger partial charge is 0.330 e. The molecule has 0 heterocycles. The second kappa shape index (κ2) is 10.4. The summed E-state index contributed by atoms with van der Waals surface area (Å²) >= 11 is 0. The van der Waals surface area contributed by atoms with E-state index in [-0.39, 0.29) is 6.04 Å². The highest BCUT2D eigenvalue weighted by molar-refractivity contribution is 5.19. The average Bonchev–Trinajstić information content (AvgIpc) is 2.50. The molecule has 110 valence electrons. The molecule has 0 saturated heterocycles. The van der Waals surface area contributed by atoms with E-state index < -0.39 is 0 Å². The van der Waals surface area contributed by atoms with Crippen molar-refractivity contribution in [2.45, 2.75) is 38.6 Å². The maximum Gasteiger partial charge on any atom is 0.0329 e. The first-order chi connectivity index (χ1) is 9.74. The Morgan fingerprint density at radius 3 is 2.15 bits per heavy atom. The van der Waals surface area contributed by atoms with Crippen LogP contribution in [0.1, 0.15) is 44.2 Å². The number of hydrogen-bond acceptors (Lipinski definition) is 2. The van der Waals surface area contributed by atoms with Gasteiger partial charge in [-0.05, 0) is 43.7 Å². The Labute approximate surface area is 123 Å². The molecule has 0 amide bonds. The molecule has 1 aromatic carbocycles. The predicted molar refractivity (Wildman–Crippen MR) is 88.3 cm³/mol. The molecule has 0 radical (unpaired) electrons. The predicted octanol–water partition coefficient (Wildman–Crippen LogP) is 3.95. The van der Waals surface area contributed by atoms with Crippen molar-refractivity contribution in [1.29, 1.82) is 0 Å². The van der Waals surface area contributed by atoms with Gasteiger partial charge in [0.15, 0.2) is 0 Å². The monoisotopic (exact) mass is 272 g/mol.